The number of allylic oxidation sites excluding steroid dienone is 1. The average Bonchev–Trinajstić information content (AvgIpc) is 3.20. The van der Waals surface area contributed by atoms with Crippen LogP contribution in [-0.2, 0) is 23.7 Å². The molecule has 0 aromatic heterocycles. The number of carbonyl (C=O) groups excluding carboxylic acids is 4. The average molecular weight is 609 g/mol. The van der Waals surface area contributed by atoms with Gasteiger partial charge in [0.1, 0.15) is 19.1 Å². The first-order valence-corrected chi connectivity index (χ1v) is 22.7. The van der Waals surface area contributed by atoms with E-state index in [1.807, 2.05) is 6.92 Å². The molecule has 3 aliphatic heterocycles. The molecule has 4 rings (SSSR count). The highest BCUT2D eigenvalue weighted by Crippen LogP contribution is 2.89. The number of nitrogens with zero attached hydrogens (tertiary/aromatic N) is 2. The Kier molecular flexibility index (Phi) is 10.2. The zero-order valence-electron chi connectivity index (χ0n) is 20.5. The van der Waals surface area contributed by atoms with Crippen molar-refractivity contribution in [3.63, 3.8) is 0 Å². The number of fused-ring (bicyclic) bond motifs is 4. The zero-order valence-corrected chi connectivity index (χ0v) is 26.8. The van der Waals surface area contributed by atoms with Gasteiger partial charge in [-0.3, -0.25) is 14.4 Å². The molecule has 200 valence electrons. The van der Waals surface area contributed by atoms with Crippen molar-refractivity contribution in [3.05, 3.63) is 12.2 Å². The van der Waals surface area contributed by atoms with Crippen LogP contribution in [0, 0.1) is 23.7 Å². The fourth-order valence-corrected chi connectivity index (χ4v) is 24.7. The molecule has 2 saturated heterocycles. The molecule has 0 spiro atoms. The lowest BCUT2D eigenvalue weighted by Gasteiger charge is -2.31. The first-order chi connectivity index (χ1) is 17.2. The van der Waals surface area contributed by atoms with Gasteiger partial charge in [-0.05, 0) is 33.6 Å². The van der Waals surface area contributed by atoms with Gasteiger partial charge in [0.05, 0.1) is 0 Å². The molecule has 36 heavy (non-hydrogen) atoms. The van der Waals surface area contributed by atoms with Gasteiger partial charge >= 0.3 is 5.97 Å². The van der Waals surface area contributed by atoms with E-state index in [0.717, 1.165) is 38.5 Å². The van der Waals surface area contributed by atoms with E-state index < -0.39 is 26.1 Å². The first-order valence-electron chi connectivity index (χ1n) is 12.5. The van der Waals surface area contributed by atoms with E-state index >= 15 is 0 Å². The highest BCUT2D eigenvalue weighted by atomic mass is 32.9. The van der Waals surface area contributed by atoms with E-state index in [0.29, 0.717) is 34.0 Å². The number of hydrogen-bond acceptors (Lipinski definition) is 5. The van der Waals surface area contributed by atoms with Crippen molar-refractivity contribution in [2.24, 2.45) is 23.7 Å². The lowest BCUT2D eigenvalue weighted by atomic mass is 9.93. The largest absolute Gasteiger partial charge is 0.433 e. The molecule has 3 fully saturated rings. The van der Waals surface area contributed by atoms with Crippen molar-refractivity contribution in [2.45, 2.75) is 57.0 Å². The number of likely N-dealkylation sites (tertiary alicyclic amines) is 1. The Bertz CT molecular complexity index is 909. The number of amides is 3. The summed E-state index contributed by atoms with van der Waals surface area (Å²) < 4.78 is 5.97. The van der Waals surface area contributed by atoms with Crippen molar-refractivity contribution in [3.8, 4) is 0 Å². The van der Waals surface area contributed by atoms with Gasteiger partial charge in [-0.15, -0.1) is 8.93 Å². The lowest BCUT2D eigenvalue weighted by Crippen LogP contribution is -2.56. The summed E-state index contributed by atoms with van der Waals surface area (Å²) in [5, 5.41) is 3.09. The van der Waals surface area contributed by atoms with E-state index in [4.69, 9.17) is 4.52 Å². The van der Waals surface area contributed by atoms with Gasteiger partial charge in [-0.25, -0.2) is 4.79 Å². The van der Waals surface area contributed by atoms with E-state index in [2.05, 4.69) is 44.3 Å². The van der Waals surface area contributed by atoms with Gasteiger partial charge in [0, 0.05) is 50.3 Å². The summed E-state index contributed by atoms with van der Waals surface area (Å²) in [5.41, 5.74) is -1.08. The predicted molar refractivity (Wildman–Crippen MR) is 158 cm³/mol. The van der Waals surface area contributed by atoms with Crippen molar-refractivity contribution in [1.82, 2.24) is 15.1 Å². The number of nitrogens with one attached hydrogen (secondary N) is 1. The molecule has 0 bridgehead atoms. The second-order valence-electron chi connectivity index (χ2n) is 10.3. The van der Waals surface area contributed by atoms with Crippen LogP contribution in [0.3, 0.4) is 0 Å². The molecule has 3 heterocycles. The zero-order chi connectivity index (χ0) is 26.0. The van der Waals surface area contributed by atoms with Gasteiger partial charge in [0.25, 0.3) is 0 Å². The van der Waals surface area contributed by atoms with E-state index in [9.17, 15) is 19.2 Å². The lowest BCUT2D eigenvalue weighted by molar-refractivity contribution is -0.145. The van der Waals surface area contributed by atoms with Crippen LogP contribution in [0.2, 0.25) is 0 Å². The highest BCUT2D eigenvalue weighted by Gasteiger charge is 2.63. The minimum atomic E-state index is -1.08. The molecule has 1 saturated carbocycles. The van der Waals surface area contributed by atoms with Crippen LogP contribution < -0.4 is 5.32 Å². The molecular weight excluding hydrogens is 572 g/mol. The third-order valence-electron chi connectivity index (χ3n) is 7.91. The molecule has 3 amide bonds. The van der Waals surface area contributed by atoms with Gasteiger partial charge in [0.15, 0.2) is 0 Å². The monoisotopic (exact) mass is 609 g/mol. The minimum Gasteiger partial charge on any atom is -0.433 e. The van der Waals surface area contributed by atoms with Crippen molar-refractivity contribution >= 4 is 73.5 Å². The summed E-state index contributed by atoms with van der Waals surface area (Å²) in [4.78, 5) is 55.8. The van der Waals surface area contributed by atoms with Crippen molar-refractivity contribution in [2.75, 3.05) is 19.6 Å². The Balaban J connectivity index is 1.63. The Morgan fingerprint density at radius 3 is 2.72 bits per heavy atom. The third-order valence-corrected chi connectivity index (χ3v) is 26.4. The normalized spacial score (nSPS) is 37.0. The summed E-state index contributed by atoms with van der Waals surface area (Å²) in [6.45, 7) is 2.85. The fourth-order valence-electron chi connectivity index (χ4n) is 5.83. The summed E-state index contributed by atoms with van der Waals surface area (Å²) in [6, 6.07) is -0.680. The summed E-state index contributed by atoms with van der Waals surface area (Å²) in [7, 11) is 7.65. The highest BCUT2D eigenvalue weighted by molar-refractivity contribution is 8.86. The van der Waals surface area contributed by atoms with E-state index in [1.54, 1.807) is 9.80 Å². The molecule has 0 aromatic carbocycles. The van der Waals surface area contributed by atoms with Crippen LogP contribution in [0.5, 0.6) is 0 Å². The summed E-state index contributed by atoms with van der Waals surface area (Å²) in [6.07, 6.45) is 10.3. The van der Waals surface area contributed by atoms with Crippen molar-refractivity contribution in [1.29, 1.82) is 0 Å². The maximum absolute atomic E-state index is 13.9. The summed E-state index contributed by atoms with van der Waals surface area (Å²) >= 11 is 0. The van der Waals surface area contributed by atoms with Gasteiger partial charge in [-0.2, -0.15) is 0 Å². The smallest absolute Gasteiger partial charge is 0.335 e. The maximum atomic E-state index is 13.9. The third kappa shape index (κ3) is 6.16. The Morgan fingerprint density at radius 2 is 2.03 bits per heavy atom. The second kappa shape index (κ2) is 12.6. The second-order valence-corrected chi connectivity index (χ2v) is 27.7. The van der Waals surface area contributed by atoms with Crippen LogP contribution in [0.1, 0.15) is 45.4 Å². The molecule has 0 radical (unpaired) electrons. The number of hydrogen-bond donors (Lipinski definition) is 1. The number of carbonyl (C=O) groups is 4. The molecule has 8 nitrogen and oxygen atoms in total. The fraction of sp³-hybridized carbons (Fsp3) is 0.727. The summed E-state index contributed by atoms with van der Waals surface area (Å²) in [5.74, 6) is -0.985. The molecule has 5 unspecified atom stereocenters. The molecule has 11 atom stereocenters. The quantitative estimate of drug-likeness (QED) is 0.286. The van der Waals surface area contributed by atoms with Gasteiger partial charge < -0.3 is 19.6 Å². The predicted octanol–water partition coefficient (Wildman–Crippen LogP) is 4.23. The van der Waals surface area contributed by atoms with E-state index in [1.165, 1.54) is 0 Å². The minimum absolute atomic E-state index is 0.00330. The Hall–Kier alpha value is 0.200. The van der Waals surface area contributed by atoms with Crippen LogP contribution >= 0.6 is 49.3 Å². The van der Waals surface area contributed by atoms with Gasteiger partial charge in [-0.1, -0.05) is 49.8 Å². The molecular formula is C22H37N3O5P6. The SMILES string of the molecule is C[C@H]1CCCCC/C=C\[C@@H]2C[C@@]2(C(=O)OP(PP)P(P)P)NC(=O)[C@@H]2[C@H]3CN(C=O)C[C@H]3CN2C1=O. The Morgan fingerprint density at radius 1 is 1.25 bits per heavy atom. The van der Waals surface area contributed by atoms with Crippen LogP contribution in [-0.4, -0.2) is 65.2 Å². The van der Waals surface area contributed by atoms with Crippen molar-refractivity contribution < 1.29 is 23.7 Å². The Labute approximate surface area is 224 Å². The van der Waals surface area contributed by atoms with E-state index in [-0.39, 0.29) is 41.5 Å². The molecule has 1 N–H and O–H groups in total. The number of rotatable bonds is 5. The molecule has 0 aromatic rings. The van der Waals surface area contributed by atoms with Crippen LogP contribution in [0.25, 0.3) is 0 Å². The standard InChI is InChI=1S/C22H37N3O5P6/c1-14-7-5-3-2-4-6-8-16-9-22(16,21(29)30-35(34-31)36(32)33)23-19(27)18-17-12-24(13-26)10-15(17)11-25(18)20(14)28/h6,8,13-18,34H,2-5,7,9-12,31-33H2,1H3,(H,23,27)/b8-6-/t14-,15-,16+,17-,18-,22+,35?/m0/s1. The first kappa shape index (κ1) is 29.2. The van der Waals surface area contributed by atoms with Crippen LogP contribution in [0.4, 0.5) is 0 Å². The molecule has 1 aliphatic carbocycles. The topological polar surface area (TPSA) is 96.0 Å². The molecule has 14 heteroatoms. The molecule has 4 aliphatic rings. The maximum Gasteiger partial charge on any atom is 0.335 e. The van der Waals surface area contributed by atoms with Gasteiger partial charge in [0.2, 0.25) is 18.2 Å². The van der Waals surface area contributed by atoms with Crippen LogP contribution in [0.15, 0.2) is 12.2 Å².